The van der Waals surface area contributed by atoms with Crippen LogP contribution in [0, 0.1) is 0 Å². The lowest BCUT2D eigenvalue weighted by atomic mass is 10.0. The molecule has 186 valence electrons. The number of allylic oxidation sites excluding steroid dienone is 1. The molecule has 1 nitrogen and oxygen atoms in total. The van der Waals surface area contributed by atoms with Crippen molar-refractivity contribution in [3.05, 3.63) is 12.3 Å². The standard InChI is InChI=1S/C30H60O/c1-3-5-7-9-11-13-15-16-17-18-19-20-22-24-26-28-30-31-29-27-25-23-21-14-12-10-8-6-4-2/h28,30H,3-27,29H2,1-2H3. The average Bonchev–Trinajstić information content (AvgIpc) is 2.78. The van der Waals surface area contributed by atoms with Crippen molar-refractivity contribution in [3.8, 4) is 0 Å². The third-order valence-electron chi connectivity index (χ3n) is 6.53. The zero-order valence-corrected chi connectivity index (χ0v) is 21.9. The second-order valence-corrected chi connectivity index (χ2v) is 9.81. The lowest BCUT2D eigenvalue weighted by Gasteiger charge is -2.03. The van der Waals surface area contributed by atoms with E-state index in [0.29, 0.717) is 0 Å². The van der Waals surface area contributed by atoms with Crippen LogP contribution in [0.5, 0.6) is 0 Å². The van der Waals surface area contributed by atoms with E-state index in [0.717, 1.165) is 6.61 Å². The van der Waals surface area contributed by atoms with Crippen LogP contribution in [0.4, 0.5) is 0 Å². The lowest BCUT2D eigenvalue weighted by Crippen LogP contribution is -1.88. The fourth-order valence-electron chi connectivity index (χ4n) is 4.33. The van der Waals surface area contributed by atoms with E-state index in [1.807, 2.05) is 6.26 Å². The summed E-state index contributed by atoms with van der Waals surface area (Å²) >= 11 is 0. The van der Waals surface area contributed by atoms with Crippen LogP contribution in [0.3, 0.4) is 0 Å². The quantitative estimate of drug-likeness (QED) is 0.0918. The predicted molar refractivity (Wildman–Crippen MR) is 142 cm³/mol. The van der Waals surface area contributed by atoms with Gasteiger partial charge in [-0.3, -0.25) is 0 Å². The molecule has 0 atom stereocenters. The maximum atomic E-state index is 5.64. The molecule has 0 bridgehead atoms. The Hall–Kier alpha value is -0.460. The Labute approximate surface area is 198 Å². The highest BCUT2D eigenvalue weighted by atomic mass is 16.5. The van der Waals surface area contributed by atoms with Crippen molar-refractivity contribution in [2.24, 2.45) is 0 Å². The lowest BCUT2D eigenvalue weighted by molar-refractivity contribution is 0.239. The van der Waals surface area contributed by atoms with E-state index in [1.165, 1.54) is 161 Å². The van der Waals surface area contributed by atoms with Gasteiger partial charge in [-0.05, 0) is 25.3 Å². The first kappa shape index (κ1) is 30.5. The fraction of sp³-hybridized carbons (Fsp3) is 0.933. The van der Waals surface area contributed by atoms with Gasteiger partial charge in [0.05, 0.1) is 12.9 Å². The highest BCUT2D eigenvalue weighted by molar-refractivity contribution is 4.73. The molecule has 0 aromatic carbocycles. The van der Waals surface area contributed by atoms with Crippen molar-refractivity contribution < 1.29 is 4.74 Å². The van der Waals surface area contributed by atoms with Crippen molar-refractivity contribution >= 4 is 0 Å². The Morgan fingerprint density at radius 2 is 0.710 bits per heavy atom. The molecule has 0 aromatic heterocycles. The average molecular weight is 437 g/mol. The molecule has 31 heavy (non-hydrogen) atoms. The van der Waals surface area contributed by atoms with E-state index >= 15 is 0 Å². The fourth-order valence-corrected chi connectivity index (χ4v) is 4.33. The molecule has 0 saturated carbocycles. The Morgan fingerprint density at radius 1 is 0.387 bits per heavy atom. The second kappa shape index (κ2) is 29.5. The van der Waals surface area contributed by atoms with E-state index in [4.69, 9.17) is 4.74 Å². The summed E-state index contributed by atoms with van der Waals surface area (Å²) in [5, 5.41) is 0. The van der Waals surface area contributed by atoms with Crippen LogP contribution in [0.25, 0.3) is 0 Å². The first-order valence-corrected chi connectivity index (χ1v) is 14.7. The highest BCUT2D eigenvalue weighted by Gasteiger charge is 1.94. The van der Waals surface area contributed by atoms with Crippen LogP contribution in [0.1, 0.15) is 174 Å². The van der Waals surface area contributed by atoms with Crippen LogP contribution in [-0.2, 0) is 4.74 Å². The third kappa shape index (κ3) is 29.5. The molecular weight excluding hydrogens is 376 g/mol. The molecule has 0 spiro atoms. The smallest absolute Gasteiger partial charge is 0.0873 e. The minimum atomic E-state index is 0.908. The SMILES string of the molecule is CCCCCCCCCCCCCCCCC=COCCCCCCCCCCCC. The summed E-state index contributed by atoms with van der Waals surface area (Å²) in [4.78, 5) is 0. The maximum absolute atomic E-state index is 5.64. The van der Waals surface area contributed by atoms with Gasteiger partial charge in [0.25, 0.3) is 0 Å². The summed E-state index contributed by atoms with van der Waals surface area (Å²) in [7, 11) is 0. The molecule has 1 heteroatoms. The van der Waals surface area contributed by atoms with Gasteiger partial charge in [-0.15, -0.1) is 0 Å². The highest BCUT2D eigenvalue weighted by Crippen LogP contribution is 2.14. The Morgan fingerprint density at radius 3 is 1.10 bits per heavy atom. The maximum Gasteiger partial charge on any atom is 0.0873 e. The largest absolute Gasteiger partial charge is 0.502 e. The molecule has 0 heterocycles. The minimum absolute atomic E-state index is 0.908. The Bertz CT molecular complexity index is 322. The number of hydrogen-bond donors (Lipinski definition) is 0. The van der Waals surface area contributed by atoms with Crippen molar-refractivity contribution in [3.63, 3.8) is 0 Å². The van der Waals surface area contributed by atoms with Gasteiger partial charge in [-0.1, -0.05) is 155 Å². The topological polar surface area (TPSA) is 9.23 Å². The molecule has 0 fully saturated rings. The van der Waals surface area contributed by atoms with Gasteiger partial charge in [0.2, 0.25) is 0 Å². The summed E-state index contributed by atoms with van der Waals surface area (Å²) < 4.78 is 5.64. The zero-order valence-electron chi connectivity index (χ0n) is 21.9. The van der Waals surface area contributed by atoms with Crippen LogP contribution >= 0.6 is 0 Å². The van der Waals surface area contributed by atoms with Crippen molar-refractivity contribution in [1.29, 1.82) is 0 Å². The van der Waals surface area contributed by atoms with Gasteiger partial charge in [-0.25, -0.2) is 0 Å². The van der Waals surface area contributed by atoms with Gasteiger partial charge < -0.3 is 4.74 Å². The summed E-state index contributed by atoms with van der Waals surface area (Å²) in [5.41, 5.74) is 0. The van der Waals surface area contributed by atoms with Gasteiger partial charge >= 0.3 is 0 Å². The third-order valence-corrected chi connectivity index (χ3v) is 6.53. The molecule has 0 aliphatic rings. The molecule has 0 aliphatic carbocycles. The minimum Gasteiger partial charge on any atom is -0.502 e. The predicted octanol–water partition coefficient (Wildman–Crippen LogP) is 11.3. The van der Waals surface area contributed by atoms with E-state index in [-0.39, 0.29) is 0 Å². The molecule has 0 saturated heterocycles. The monoisotopic (exact) mass is 436 g/mol. The van der Waals surface area contributed by atoms with Crippen LogP contribution in [-0.4, -0.2) is 6.61 Å². The Balaban J connectivity index is 3.06. The van der Waals surface area contributed by atoms with E-state index < -0.39 is 0 Å². The number of unbranched alkanes of at least 4 members (excludes halogenated alkanes) is 23. The number of rotatable bonds is 27. The molecule has 0 rings (SSSR count). The molecule has 0 aliphatic heterocycles. The molecule has 0 unspecified atom stereocenters. The van der Waals surface area contributed by atoms with Crippen LogP contribution in [0.15, 0.2) is 12.3 Å². The van der Waals surface area contributed by atoms with Gasteiger partial charge in [0, 0.05) is 0 Å². The normalized spacial score (nSPS) is 11.5. The van der Waals surface area contributed by atoms with Crippen molar-refractivity contribution in [2.45, 2.75) is 174 Å². The first-order valence-electron chi connectivity index (χ1n) is 14.7. The van der Waals surface area contributed by atoms with Gasteiger partial charge in [0.15, 0.2) is 0 Å². The van der Waals surface area contributed by atoms with Crippen molar-refractivity contribution in [1.82, 2.24) is 0 Å². The van der Waals surface area contributed by atoms with E-state index in [1.54, 1.807) is 0 Å². The van der Waals surface area contributed by atoms with E-state index in [2.05, 4.69) is 19.9 Å². The van der Waals surface area contributed by atoms with Crippen LogP contribution < -0.4 is 0 Å². The molecule has 0 amide bonds. The van der Waals surface area contributed by atoms with E-state index in [9.17, 15) is 0 Å². The van der Waals surface area contributed by atoms with Crippen molar-refractivity contribution in [2.75, 3.05) is 6.61 Å². The molecule has 0 aromatic rings. The zero-order chi connectivity index (χ0) is 22.5. The number of hydrogen-bond acceptors (Lipinski definition) is 1. The second-order valence-electron chi connectivity index (χ2n) is 9.81. The molecular formula is C30H60O. The van der Waals surface area contributed by atoms with Gasteiger partial charge in [-0.2, -0.15) is 0 Å². The summed E-state index contributed by atoms with van der Waals surface area (Å²) in [6.45, 7) is 5.50. The molecule has 0 N–H and O–H groups in total. The first-order chi connectivity index (χ1) is 15.4. The summed E-state index contributed by atoms with van der Waals surface area (Å²) in [6, 6.07) is 0. The summed E-state index contributed by atoms with van der Waals surface area (Å²) in [6.07, 6.45) is 39.4. The Kier molecular flexibility index (Phi) is 29.1. The molecule has 0 radical (unpaired) electrons. The number of ether oxygens (including phenoxy) is 1. The van der Waals surface area contributed by atoms with Gasteiger partial charge in [0.1, 0.15) is 0 Å². The van der Waals surface area contributed by atoms with Crippen LogP contribution in [0.2, 0.25) is 0 Å². The summed E-state index contributed by atoms with van der Waals surface area (Å²) in [5.74, 6) is 0.